The van der Waals surface area contributed by atoms with Crippen LogP contribution >= 0.6 is 0 Å². The fourth-order valence-electron chi connectivity index (χ4n) is 2.07. The molecule has 0 unspecified atom stereocenters. The third kappa shape index (κ3) is 2.34. The molecule has 0 spiro atoms. The fraction of sp³-hybridized carbons (Fsp3) is 0.889. The van der Waals surface area contributed by atoms with E-state index in [0.29, 0.717) is 6.04 Å². The van der Waals surface area contributed by atoms with Crippen LogP contribution in [0.4, 0.5) is 0 Å². The molecule has 3 N–H and O–H groups in total. The van der Waals surface area contributed by atoms with Gasteiger partial charge in [0.1, 0.15) is 0 Å². The summed E-state index contributed by atoms with van der Waals surface area (Å²) in [6.45, 7) is 3.11. The average Bonchev–Trinajstić information content (AvgIpc) is 2.66. The van der Waals surface area contributed by atoms with E-state index in [1.54, 1.807) is 7.05 Å². The predicted octanol–water partition coefficient (Wildman–Crippen LogP) is 0.700. The van der Waals surface area contributed by atoms with E-state index in [-0.39, 0.29) is 0 Å². The summed E-state index contributed by atoms with van der Waals surface area (Å²) in [7, 11) is 1.77. The lowest BCUT2D eigenvalue weighted by Gasteiger charge is -2.29. The summed E-state index contributed by atoms with van der Waals surface area (Å²) in [6.07, 6.45) is 5.22. The first-order chi connectivity index (χ1) is 6.33. The van der Waals surface area contributed by atoms with Gasteiger partial charge >= 0.3 is 0 Å². The van der Waals surface area contributed by atoms with Crippen LogP contribution in [0.3, 0.4) is 0 Å². The van der Waals surface area contributed by atoms with Gasteiger partial charge < -0.3 is 4.90 Å². The molecule has 1 saturated carbocycles. The normalized spacial score (nSPS) is 19.2. The number of rotatable bonds is 2. The Morgan fingerprint density at radius 1 is 1.54 bits per heavy atom. The van der Waals surface area contributed by atoms with E-state index in [0.717, 1.165) is 12.5 Å². The Hall–Kier alpha value is -0.770. The SMILES string of the molecule is CCN(C(=NC)NN)C1CCCC1. The first-order valence-corrected chi connectivity index (χ1v) is 5.03. The summed E-state index contributed by atoms with van der Waals surface area (Å²) in [5.41, 5.74) is 2.66. The smallest absolute Gasteiger partial charge is 0.208 e. The largest absolute Gasteiger partial charge is 0.339 e. The van der Waals surface area contributed by atoms with Crippen molar-refractivity contribution in [2.24, 2.45) is 10.8 Å². The predicted molar refractivity (Wildman–Crippen MR) is 55.3 cm³/mol. The summed E-state index contributed by atoms with van der Waals surface area (Å²) in [4.78, 5) is 6.39. The molecule has 0 heterocycles. The molecule has 0 aliphatic heterocycles. The van der Waals surface area contributed by atoms with E-state index < -0.39 is 0 Å². The minimum Gasteiger partial charge on any atom is -0.339 e. The van der Waals surface area contributed by atoms with Crippen LogP contribution in [0.5, 0.6) is 0 Å². The van der Waals surface area contributed by atoms with Crippen molar-refractivity contribution in [2.45, 2.75) is 38.6 Å². The van der Waals surface area contributed by atoms with Gasteiger partial charge in [0, 0.05) is 19.6 Å². The highest BCUT2D eigenvalue weighted by Gasteiger charge is 2.23. The van der Waals surface area contributed by atoms with Gasteiger partial charge in [0.05, 0.1) is 0 Å². The molecule has 1 fully saturated rings. The molecule has 1 aliphatic carbocycles. The zero-order valence-corrected chi connectivity index (χ0v) is 8.58. The molecule has 1 rings (SSSR count). The van der Waals surface area contributed by atoms with E-state index in [2.05, 4.69) is 22.2 Å². The minimum absolute atomic E-state index is 0.639. The molecule has 0 saturated heterocycles. The molecule has 4 heteroatoms. The minimum atomic E-state index is 0.639. The maximum absolute atomic E-state index is 5.40. The maximum atomic E-state index is 5.40. The molecule has 0 amide bonds. The number of hydrazine groups is 1. The van der Waals surface area contributed by atoms with Crippen molar-refractivity contribution in [3.63, 3.8) is 0 Å². The number of nitrogens with zero attached hydrogens (tertiary/aromatic N) is 2. The second-order valence-electron chi connectivity index (χ2n) is 3.42. The maximum Gasteiger partial charge on any atom is 0.208 e. The zero-order valence-electron chi connectivity index (χ0n) is 8.58. The molecule has 76 valence electrons. The van der Waals surface area contributed by atoms with Crippen LogP contribution in [0.25, 0.3) is 0 Å². The van der Waals surface area contributed by atoms with Crippen LogP contribution in [-0.4, -0.2) is 30.5 Å². The first kappa shape index (κ1) is 10.3. The van der Waals surface area contributed by atoms with Crippen molar-refractivity contribution in [1.29, 1.82) is 0 Å². The lowest BCUT2D eigenvalue weighted by molar-refractivity contribution is 0.318. The third-order valence-electron chi connectivity index (χ3n) is 2.72. The molecule has 13 heavy (non-hydrogen) atoms. The van der Waals surface area contributed by atoms with Crippen LogP contribution in [0.1, 0.15) is 32.6 Å². The van der Waals surface area contributed by atoms with Gasteiger partial charge in [-0.2, -0.15) is 0 Å². The number of hydrogen-bond acceptors (Lipinski definition) is 2. The standard InChI is InChI=1S/C9H20N4/c1-3-13(9(11-2)12-10)8-6-4-5-7-8/h8H,3-7,10H2,1-2H3,(H,11,12). The van der Waals surface area contributed by atoms with Crippen LogP contribution in [-0.2, 0) is 0 Å². The number of nitrogens with two attached hydrogens (primary N) is 1. The van der Waals surface area contributed by atoms with Crippen molar-refractivity contribution < 1.29 is 0 Å². The Morgan fingerprint density at radius 2 is 2.15 bits per heavy atom. The Labute approximate surface area is 80.2 Å². The van der Waals surface area contributed by atoms with E-state index in [9.17, 15) is 0 Å². The molecule has 0 aromatic rings. The summed E-state index contributed by atoms with van der Waals surface area (Å²) in [5, 5.41) is 0. The van der Waals surface area contributed by atoms with Crippen molar-refractivity contribution in [3.8, 4) is 0 Å². The summed E-state index contributed by atoms with van der Waals surface area (Å²) >= 11 is 0. The molecule has 4 nitrogen and oxygen atoms in total. The zero-order chi connectivity index (χ0) is 9.68. The lowest BCUT2D eigenvalue weighted by atomic mass is 10.2. The van der Waals surface area contributed by atoms with Crippen molar-refractivity contribution in [1.82, 2.24) is 10.3 Å². The van der Waals surface area contributed by atoms with E-state index in [4.69, 9.17) is 5.84 Å². The van der Waals surface area contributed by atoms with Gasteiger partial charge in [0.2, 0.25) is 5.96 Å². The summed E-state index contributed by atoms with van der Waals surface area (Å²) in [6, 6.07) is 0.639. The molecule has 0 aromatic heterocycles. The number of aliphatic imine (C=N–C) groups is 1. The third-order valence-corrected chi connectivity index (χ3v) is 2.72. The number of hydrogen-bond donors (Lipinski definition) is 2. The lowest BCUT2D eigenvalue weighted by Crippen LogP contribution is -2.48. The molecule has 0 aromatic carbocycles. The van der Waals surface area contributed by atoms with E-state index >= 15 is 0 Å². The van der Waals surface area contributed by atoms with Gasteiger partial charge in [-0.15, -0.1) is 0 Å². The van der Waals surface area contributed by atoms with E-state index in [1.165, 1.54) is 25.7 Å². The van der Waals surface area contributed by atoms with Crippen LogP contribution < -0.4 is 11.3 Å². The van der Waals surface area contributed by atoms with Crippen LogP contribution in [0.2, 0.25) is 0 Å². The second-order valence-corrected chi connectivity index (χ2v) is 3.42. The highest BCUT2D eigenvalue weighted by Crippen LogP contribution is 2.23. The summed E-state index contributed by atoms with van der Waals surface area (Å²) < 4.78 is 0. The Bertz CT molecular complexity index is 172. The highest BCUT2D eigenvalue weighted by atomic mass is 15.4. The Morgan fingerprint density at radius 3 is 2.54 bits per heavy atom. The van der Waals surface area contributed by atoms with Crippen LogP contribution in [0, 0.1) is 0 Å². The quantitative estimate of drug-likeness (QED) is 0.287. The van der Waals surface area contributed by atoms with E-state index in [1.807, 2.05) is 0 Å². The average molecular weight is 184 g/mol. The van der Waals surface area contributed by atoms with Crippen molar-refractivity contribution >= 4 is 5.96 Å². The summed E-state index contributed by atoms with van der Waals surface area (Å²) in [5.74, 6) is 6.22. The second kappa shape index (κ2) is 5.07. The van der Waals surface area contributed by atoms with Gasteiger partial charge in [0.15, 0.2) is 0 Å². The van der Waals surface area contributed by atoms with Crippen molar-refractivity contribution in [2.75, 3.05) is 13.6 Å². The van der Waals surface area contributed by atoms with Gasteiger partial charge in [-0.1, -0.05) is 12.8 Å². The molecule has 0 atom stereocenters. The fourth-order valence-corrected chi connectivity index (χ4v) is 2.07. The molecule has 0 radical (unpaired) electrons. The van der Waals surface area contributed by atoms with Gasteiger partial charge in [-0.25, -0.2) is 5.84 Å². The highest BCUT2D eigenvalue weighted by molar-refractivity contribution is 5.79. The van der Waals surface area contributed by atoms with Crippen LogP contribution in [0.15, 0.2) is 4.99 Å². The molecule has 1 aliphatic rings. The van der Waals surface area contributed by atoms with Gasteiger partial charge in [-0.05, 0) is 19.8 Å². The monoisotopic (exact) mass is 184 g/mol. The Balaban J connectivity index is 2.59. The Kier molecular flexibility index (Phi) is 4.02. The molecular formula is C9H20N4. The topological polar surface area (TPSA) is 53.6 Å². The number of nitrogens with one attached hydrogen (secondary N) is 1. The van der Waals surface area contributed by atoms with Gasteiger partial charge in [-0.3, -0.25) is 10.4 Å². The number of guanidine groups is 1. The molecule has 0 bridgehead atoms. The van der Waals surface area contributed by atoms with Crippen molar-refractivity contribution in [3.05, 3.63) is 0 Å². The van der Waals surface area contributed by atoms with Gasteiger partial charge in [0.25, 0.3) is 0 Å². The molecular weight excluding hydrogens is 164 g/mol. The first-order valence-electron chi connectivity index (χ1n) is 5.03.